The summed E-state index contributed by atoms with van der Waals surface area (Å²) < 4.78 is 1.90. The molecule has 0 aromatic carbocycles. The van der Waals surface area contributed by atoms with Crippen LogP contribution in [0.4, 0.5) is 0 Å². The van der Waals surface area contributed by atoms with Crippen molar-refractivity contribution in [2.75, 3.05) is 6.54 Å². The molecule has 0 bridgehead atoms. The van der Waals surface area contributed by atoms with Crippen LogP contribution in [0.25, 0.3) is 0 Å². The van der Waals surface area contributed by atoms with Gasteiger partial charge < -0.3 is 5.32 Å². The Bertz CT molecular complexity index is 341. The highest BCUT2D eigenvalue weighted by Crippen LogP contribution is 2.38. The largest absolute Gasteiger partial charge is 0.313 e. The molecule has 17 heavy (non-hydrogen) atoms. The molecular formula is C14H25N3. The highest BCUT2D eigenvalue weighted by atomic mass is 15.2. The zero-order valence-electron chi connectivity index (χ0n) is 11.3. The minimum Gasteiger partial charge on any atom is -0.313 e. The third-order valence-corrected chi connectivity index (χ3v) is 3.85. The topological polar surface area (TPSA) is 29.9 Å². The van der Waals surface area contributed by atoms with E-state index < -0.39 is 0 Å². The van der Waals surface area contributed by atoms with Crippen molar-refractivity contribution in [3.8, 4) is 0 Å². The molecule has 1 fully saturated rings. The van der Waals surface area contributed by atoms with Crippen LogP contribution in [0.1, 0.15) is 38.8 Å². The SMILES string of the molecule is CCCNC(Cc1ccn(C)n1)C(C)C1CC1. The van der Waals surface area contributed by atoms with Gasteiger partial charge in [-0.15, -0.1) is 0 Å². The smallest absolute Gasteiger partial charge is 0.0640 e. The predicted octanol–water partition coefficient (Wildman–Crippen LogP) is 2.38. The lowest BCUT2D eigenvalue weighted by Gasteiger charge is -2.24. The molecule has 0 radical (unpaired) electrons. The Morgan fingerprint density at radius 2 is 2.29 bits per heavy atom. The van der Waals surface area contributed by atoms with E-state index >= 15 is 0 Å². The zero-order chi connectivity index (χ0) is 12.3. The quantitative estimate of drug-likeness (QED) is 0.786. The first kappa shape index (κ1) is 12.6. The third-order valence-electron chi connectivity index (χ3n) is 3.85. The number of hydrogen-bond donors (Lipinski definition) is 1. The Morgan fingerprint density at radius 3 is 2.82 bits per heavy atom. The van der Waals surface area contributed by atoms with Gasteiger partial charge in [0, 0.05) is 25.7 Å². The number of aryl methyl sites for hydroxylation is 1. The van der Waals surface area contributed by atoms with Gasteiger partial charge in [0.25, 0.3) is 0 Å². The molecule has 0 aliphatic heterocycles. The molecule has 0 amide bonds. The highest BCUT2D eigenvalue weighted by Gasteiger charge is 2.33. The van der Waals surface area contributed by atoms with Gasteiger partial charge in [0.15, 0.2) is 0 Å². The average molecular weight is 235 g/mol. The Labute approximate surface area is 105 Å². The summed E-state index contributed by atoms with van der Waals surface area (Å²) >= 11 is 0. The molecule has 1 saturated carbocycles. The van der Waals surface area contributed by atoms with E-state index in [1.165, 1.54) is 25.0 Å². The summed E-state index contributed by atoms with van der Waals surface area (Å²) in [6, 6.07) is 2.73. The van der Waals surface area contributed by atoms with E-state index in [4.69, 9.17) is 0 Å². The average Bonchev–Trinajstić information content (AvgIpc) is 3.08. The van der Waals surface area contributed by atoms with Crippen molar-refractivity contribution in [2.24, 2.45) is 18.9 Å². The first-order valence-electron chi connectivity index (χ1n) is 6.92. The molecule has 96 valence electrons. The summed E-state index contributed by atoms with van der Waals surface area (Å²) in [5.41, 5.74) is 1.22. The van der Waals surface area contributed by atoms with E-state index in [2.05, 4.69) is 30.3 Å². The summed E-state index contributed by atoms with van der Waals surface area (Å²) in [6.07, 6.45) is 7.16. The van der Waals surface area contributed by atoms with Crippen molar-refractivity contribution < 1.29 is 0 Å². The Morgan fingerprint density at radius 1 is 1.53 bits per heavy atom. The number of nitrogens with one attached hydrogen (secondary N) is 1. The van der Waals surface area contributed by atoms with Crippen molar-refractivity contribution in [2.45, 2.75) is 45.6 Å². The zero-order valence-corrected chi connectivity index (χ0v) is 11.3. The lowest BCUT2D eigenvalue weighted by molar-refractivity contribution is 0.337. The van der Waals surface area contributed by atoms with E-state index in [1.807, 2.05) is 17.9 Å². The fourth-order valence-electron chi connectivity index (χ4n) is 2.52. The van der Waals surface area contributed by atoms with Gasteiger partial charge in [-0.05, 0) is 43.7 Å². The third kappa shape index (κ3) is 3.56. The second-order valence-corrected chi connectivity index (χ2v) is 5.44. The van der Waals surface area contributed by atoms with E-state index in [0.29, 0.717) is 6.04 Å². The standard InChI is InChI=1S/C14H25N3/c1-4-8-15-14(11(2)12-5-6-12)10-13-7-9-17(3)16-13/h7,9,11-12,14-15H,4-6,8,10H2,1-3H3. The van der Waals surface area contributed by atoms with E-state index in [0.717, 1.165) is 24.8 Å². The molecule has 2 rings (SSSR count). The molecule has 1 aromatic heterocycles. The summed E-state index contributed by atoms with van der Waals surface area (Å²) in [7, 11) is 1.99. The van der Waals surface area contributed by atoms with Crippen LogP contribution in [0.5, 0.6) is 0 Å². The van der Waals surface area contributed by atoms with Crippen LogP contribution in [0.15, 0.2) is 12.3 Å². The molecule has 1 heterocycles. The van der Waals surface area contributed by atoms with Crippen LogP contribution in [0.2, 0.25) is 0 Å². The number of hydrogen-bond acceptors (Lipinski definition) is 2. The monoisotopic (exact) mass is 235 g/mol. The molecule has 3 nitrogen and oxygen atoms in total. The molecule has 1 aromatic rings. The van der Waals surface area contributed by atoms with Gasteiger partial charge in [0.2, 0.25) is 0 Å². The minimum atomic E-state index is 0.595. The molecule has 0 spiro atoms. The lowest BCUT2D eigenvalue weighted by atomic mass is 9.93. The first-order chi connectivity index (χ1) is 8.20. The van der Waals surface area contributed by atoms with E-state index in [-0.39, 0.29) is 0 Å². The molecule has 0 saturated heterocycles. The molecule has 1 N–H and O–H groups in total. The van der Waals surface area contributed by atoms with Crippen molar-refractivity contribution in [1.29, 1.82) is 0 Å². The molecule has 3 heteroatoms. The lowest BCUT2D eigenvalue weighted by Crippen LogP contribution is -2.38. The van der Waals surface area contributed by atoms with Crippen molar-refractivity contribution >= 4 is 0 Å². The Hall–Kier alpha value is -0.830. The molecular weight excluding hydrogens is 210 g/mol. The Kier molecular flexibility index (Phi) is 4.21. The van der Waals surface area contributed by atoms with Crippen LogP contribution in [0, 0.1) is 11.8 Å². The van der Waals surface area contributed by atoms with Gasteiger partial charge in [-0.3, -0.25) is 4.68 Å². The molecule has 2 unspecified atom stereocenters. The van der Waals surface area contributed by atoms with Crippen LogP contribution >= 0.6 is 0 Å². The minimum absolute atomic E-state index is 0.595. The normalized spacial score (nSPS) is 19.2. The highest BCUT2D eigenvalue weighted by molar-refractivity contribution is 5.03. The molecule has 1 aliphatic rings. The maximum Gasteiger partial charge on any atom is 0.0640 e. The predicted molar refractivity (Wildman–Crippen MR) is 70.9 cm³/mol. The summed E-state index contributed by atoms with van der Waals surface area (Å²) in [6.45, 7) is 5.75. The van der Waals surface area contributed by atoms with E-state index in [9.17, 15) is 0 Å². The summed E-state index contributed by atoms with van der Waals surface area (Å²) in [5, 5.41) is 8.20. The van der Waals surface area contributed by atoms with Crippen molar-refractivity contribution in [3.63, 3.8) is 0 Å². The van der Waals surface area contributed by atoms with Gasteiger partial charge in [0.1, 0.15) is 0 Å². The van der Waals surface area contributed by atoms with Crippen LogP contribution in [-0.4, -0.2) is 22.4 Å². The summed E-state index contributed by atoms with van der Waals surface area (Å²) in [4.78, 5) is 0. The van der Waals surface area contributed by atoms with Gasteiger partial charge in [-0.25, -0.2) is 0 Å². The van der Waals surface area contributed by atoms with Crippen LogP contribution in [0.3, 0.4) is 0 Å². The van der Waals surface area contributed by atoms with Gasteiger partial charge in [0.05, 0.1) is 5.69 Å². The van der Waals surface area contributed by atoms with Gasteiger partial charge in [-0.2, -0.15) is 5.10 Å². The van der Waals surface area contributed by atoms with Gasteiger partial charge >= 0.3 is 0 Å². The van der Waals surface area contributed by atoms with Crippen LogP contribution in [-0.2, 0) is 13.5 Å². The second kappa shape index (κ2) is 5.67. The maximum atomic E-state index is 4.50. The summed E-state index contributed by atoms with van der Waals surface area (Å²) in [5.74, 6) is 1.73. The molecule has 2 atom stereocenters. The van der Waals surface area contributed by atoms with Crippen LogP contribution < -0.4 is 5.32 Å². The number of aromatic nitrogens is 2. The van der Waals surface area contributed by atoms with Crippen molar-refractivity contribution in [1.82, 2.24) is 15.1 Å². The second-order valence-electron chi connectivity index (χ2n) is 5.44. The van der Waals surface area contributed by atoms with Crippen molar-refractivity contribution in [3.05, 3.63) is 18.0 Å². The fraction of sp³-hybridized carbons (Fsp3) is 0.786. The fourth-order valence-corrected chi connectivity index (χ4v) is 2.52. The first-order valence-corrected chi connectivity index (χ1v) is 6.92. The molecule has 1 aliphatic carbocycles. The maximum absolute atomic E-state index is 4.50. The number of nitrogens with zero attached hydrogens (tertiary/aromatic N) is 2. The number of rotatable bonds is 7. The van der Waals surface area contributed by atoms with Gasteiger partial charge in [-0.1, -0.05) is 13.8 Å². The van der Waals surface area contributed by atoms with E-state index in [1.54, 1.807) is 0 Å². The Balaban J connectivity index is 1.93.